The van der Waals surface area contributed by atoms with Gasteiger partial charge in [0.25, 0.3) is 0 Å². The van der Waals surface area contributed by atoms with Crippen LogP contribution in [-0.4, -0.2) is 69.4 Å². The predicted octanol–water partition coefficient (Wildman–Crippen LogP) is 0.652. The molecule has 1 aliphatic heterocycles. The molecule has 1 saturated heterocycles. The van der Waals surface area contributed by atoms with E-state index >= 15 is 0 Å². The molecule has 0 bridgehead atoms. The van der Waals surface area contributed by atoms with Crippen molar-refractivity contribution in [3.8, 4) is 5.88 Å². The number of aromatic nitrogens is 1. The fraction of sp³-hybridized carbons (Fsp3) is 0.600. The molecule has 25 heavy (non-hydrogen) atoms. The SMILES string of the molecule is COCCOc1ccc(NC(=O)NC2CCN(S(C)(=O)=O)CC2)cn1. The normalized spacial score (nSPS) is 16.4. The maximum atomic E-state index is 12.0. The first-order valence-corrected chi connectivity index (χ1v) is 9.84. The molecule has 10 heteroatoms. The maximum Gasteiger partial charge on any atom is 0.319 e. The fourth-order valence-electron chi connectivity index (χ4n) is 2.45. The second-order valence-corrected chi connectivity index (χ2v) is 7.74. The third-order valence-electron chi connectivity index (χ3n) is 3.79. The molecule has 1 aromatic heterocycles. The standard InChI is InChI=1S/C15H24N4O5S/c1-23-9-10-24-14-4-3-13(11-16-14)18-15(20)17-12-5-7-19(8-6-12)25(2,21)22/h3-4,11-12H,5-10H2,1-2H3,(H2,17,18,20). The number of sulfonamides is 1. The molecule has 1 fully saturated rings. The number of hydrogen-bond donors (Lipinski definition) is 2. The van der Waals surface area contributed by atoms with E-state index in [1.165, 1.54) is 16.8 Å². The van der Waals surface area contributed by atoms with E-state index in [4.69, 9.17) is 9.47 Å². The molecule has 0 spiro atoms. The number of methoxy groups -OCH3 is 1. The van der Waals surface area contributed by atoms with Gasteiger partial charge < -0.3 is 20.1 Å². The van der Waals surface area contributed by atoms with Gasteiger partial charge in [-0.15, -0.1) is 0 Å². The number of carbonyl (C=O) groups is 1. The van der Waals surface area contributed by atoms with Crippen LogP contribution in [0.1, 0.15) is 12.8 Å². The molecular formula is C15H24N4O5S. The zero-order chi connectivity index (χ0) is 18.3. The van der Waals surface area contributed by atoms with E-state index < -0.39 is 10.0 Å². The third kappa shape index (κ3) is 6.48. The van der Waals surface area contributed by atoms with Gasteiger partial charge in [0.15, 0.2) is 0 Å². The van der Waals surface area contributed by atoms with Crippen molar-refractivity contribution in [2.24, 2.45) is 0 Å². The molecule has 2 heterocycles. The van der Waals surface area contributed by atoms with Gasteiger partial charge in [0.05, 0.1) is 24.7 Å². The summed E-state index contributed by atoms with van der Waals surface area (Å²) < 4.78 is 34.6. The number of pyridine rings is 1. The Kier molecular flexibility index (Phi) is 6.97. The molecule has 9 nitrogen and oxygen atoms in total. The number of hydrogen-bond acceptors (Lipinski definition) is 6. The lowest BCUT2D eigenvalue weighted by Gasteiger charge is -2.30. The largest absolute Gasteiger partial charge is 0.475 e. The van der Waals surface area contributed by atoms with E-state index in [9.17, 15) is 13.2 Å². The Balaban J connectivity index is 1.75. The highest BCUT2D eigenvalue weighted by molar-refractivity contribution is 7.88. The van der Waals surface area contributed by atoms with Crippen molar-refractivity contribution in [3.05, 3.63) is 18.3 Å². The highest BCUT2D eigenvalue weighted by Crippen LogP contribution is 2.14. The topological polar surface area (TPSA) is 110 Å². The van der Waals surface area contributed by atoms with Crippen LogP contribution in [-0.2, 0) is 14.8 Å². The van der Waals surface area contributed by atoms with E-state index in [2.05, 4.69) is 15.6 Å². The van der Waals surface area contributed by atoms with Crippen molar-refractivity contribution in [1.29, 1.82) is 0 Å². The van der Waals surface area contributed by atoms with Gasteiger partial charge >= 0.3 is 6.03 Å². The fourth-order valence-corrected chi connectivity index (χ4v) is 3.33. The number of nitrogens with one attached hydrogen (secondary N) is 2. The van der Waals surface area contributed by atoms with Gasteiger partial charge in [-0.3, -0.25) is 0 Å². The molecule has 1 aliphatic rings. The highest BCUT2D eigenvalue weighted by Gasteiger charge is 2.25. The molecular weight excluding hydrogens is 348 g/mol. The zero-order valence-electron chi connectivity index (χ0n) is 14.4. The quantitative estimate of drug-likeness (QED) is 0.680. The van der Waals surface area contributed by atoms with Gasteiger partial charge in [0, 0.05) is 32.3 Å². The Bertz CT molecular complexity index is 657. The van der Waals surface area contributed by atoms with E-state index in [1.807, 2.05) is 0 Å². The van der Waals surface area contributed by atoms with Crippen molar-refractivity contribution in [1.82, 2.24) is 14.6 Å². The first-order valence-electron chi connectivity index (χ1n) is 7.99. The number of ether oxygens (including phenoxy) is 2. The number of nitrogens with zero attached hydrogens (tertiary/aromatic N) is 2. The lowest BCUT2D eigenvalue weighted by molar-refractivity contribution is 0.144. The maximum absolute atomic E-state index is 12.0. The van der Waals surface area contributed by atoms with Gasteiger partial charge in [0.1, 0.15) is 6.61 Å². The van der Waals surface area contributed by atoms with Gasteiger partial charge in [-0.1, -0.05) is 0 Å². The minimum atomic E-state index is -3.16. The predicted molar refractivity (Wildman–Crippen MR) is 93.2 cm³/mol. The van der Waals surface area contributed by atoms with Crippen LogP contribution in [0.2, 0.25) is 0 Å². The molecule has 0 aliphatic carbocycles. The Morgan fingerprint density at radius 3 is 2.60 bits per heavy atom. The summed E-state index contributed by atoms with van der Waals surface area (Å²) in [4.78, 5) is 16.1. The number of anilines is 1. The van der Waals surface area contributed by atoms with Gasteiger partial charge in [-0.05, 0) is 18.9 Å². The molecule has 2 N–H and O–H groups in total. The van der Waals surface area contributed by atoms with Crippen LogP contribution >= 0.6 is 0 Å². The molecule has 0 saturated carbocycles. The van der Waals surface area contributed by atoms with E-state index in [0.717, 1.165) is 0 Å². The van der Waals surface area contributed by atoms with Crippen molar-refractivity contribution < 1.29 is 22.7 Å². The van der Waals surface area contributed by atoms with Gasteiger partial charge in [-0.2, -0.15) is 0 Å². The molecule has 140 valence electrons. The Morgan fingerprint density at radius 1 is 1.32 bits per heavy atom. The van der Waals surface area contributed by atoms with Crippen LogP contribution in [0.4, 0.5) is 10.5 Å². The summed E-state index contributed by atoms with van der Waals surface area (Å²) in [6.45, 7) is 1.71. The number of urea groups is 1. The molecule has 0 radical (unpaired) electrons. The van der Waals surface area contributed by atoms with E-state index in [0.29, 0.717) is 50.7 Å². The van der Waals surface area contributed by atoms with Crippen LogP contribution in [0.5, 0.6) is 5.88 Å². The van der Waals surface area contributed by atoms with Crippen LogP contribution in [0.3, 0.4) is 0 Å². The molecule has 0 aromatic carbocycles. The number of carbonyl (C=O) groups excluding carboxylic acids is 1. The summed E-state index contributed by atoms with van der Waals surface area (Å²) in [7, 11) is -1.57. The lowest BCUT2D eigenvalue weighted by Crippen LogP contribution is -2.47. The van der Waals surface area contributed by atoms with Crippen molar-refractivity contribution in [2.45, 2.75) is 18.9 Å². The second kappa shape index (κ2) is 8.97. The smallest absolute Gasteiger partial charge is 0.319 e. The average molecular weight is 372 g/mol. The molecule has 1 aromatic rings. The minimum Gasteiger partial charge on any atom is -0.475 e. The Labute approximate surface area is 147 Å². The van der Waals surface area contributed by atoms with Crippen LogP contribution < -0.4 is 15.4 Å². The average Bonchev–Trinajstić information content (AvgIpc) is 2.56. The second-order valence-electron chi connectivity index (χ2n) is 5.76. The highest BCUT2D eigenvalue weighted by atomic mass is 32.2. The zero-order valence-corrected chi connectivity index (χ0v) is 15.2. The lowest BCUT2D eigenvalue weighted by atomic mass is 10.1. The van der Waals surface area contributed by atoms with Crippen LogP contribution in [0.25, 0.3) is 0 Å². The molecule has 2 amide bonds. The van der Waals surface area contributed by atoms with Crippen LogP contribution in [0.15, 0.2) is 18.3 Å². The summed E-state index contributed by atoms with van der Waals surface area (Å²) in [6.07, 6.45) is 3.88. The van der Waals surface area contributed by atoms with Crippen molar-refractivity contribution in [2.75, 3.05) is 45.0 Å². The number of piperidine rings is 1. The third-order valence-corrected chi connectivity index (χ3v) is 5.09. The summed E-state index contributed by atoms with van der Waals surface area (Å²) in [6, 6.07) is 2.96. The monoisotopic (exact) mass is 372 g/mol. The summed E-state index contributed by atoms with van der Waals surface area (Å²) in [5.74, 6) is 0.455. The van der Waals surface area contributed by atoms with Crippen LogP contribution in [0, 0.1) is 0 Å². The molecule has 0 atom stereocenters. The van der Waals surface area contributed by atoms with Gasteiger partial charge in [0.2, 0.25) is 15.9 Å². The summed E-state index contributed by atoms with van der Waals surface area (Å²) >= 11 is 0. The van der Waals surface area contributed by atoms with E-state index in [1.54, 1.807) is 19.2 Å². The van der Waals surface area contributed by atoms with Crippen molar-refractivity contribution in [3.63, 3.8) is 0 Å². The Hall–Kier alpha value is -1.91. The van der Waals surface area contributed by atoms with Crippen molar-refractivity contribution >= 4 is 21.7 Å². The first kappa shape index (κ1) is 19.4. The van der Waals surface area contributed by atoms with E-state index in [-0.39, 0.29) is 12.1 Å². The Morgan fingerprint density at radius 2 is 2.04 bits per heavy atom. The van der Waals surface area contributed by atoms with Gasteiger partial charge in [-0.25, -0.2) is 22.5 Å². The number of rotatable bonds is 7. The number of amides is 2. The first-order chi connectivity index (χ1) is 11.9. The summed E-state index contributed by atoms with van der Waals surface area (Å²) in [5.41, 5.74) is 0.546. The minimum absolute atomic E-state index is 0.0531. The molecule has 0 unspecified atom stereocenters. The molecule has 2 rings (SSSR count). The summed E-state index contributed by atoms with van der Waals surface area (Å²) in [5, 5.41) is 5.55.